The fourth-order valence-electron chi connectivity index (χ4n) is 2.39. The van der Waals surface area contributed by atoms with Crippen molar-refractivity contribution in [2.24, 2.45) is 5.16 Å². The van der Waals surface area contributed by atoms with E-state index in [1.807, 2.05) is 32.9 Å². The number of methoxy groups -OCH3 is 1. The molecule has 0 saturated heterocycles. The number of pyridine rings is 1. The normalized spacial score (nSPS) is 13.2. The predicted molar refractivity (Wildman–Crippen MR) is 93.7 cm³/mol. The van der Waals surface area contributed by atoms with Gasteiger partial charge in [0.25, 0.3) is 0 Å². The third-order valence-electron chi connectivity index (χ3n) is 3.66. The van der Waals surface area contributed by atoms with Crippen molar-refractivity contribution in [2.45, 2.75) is 40.0 Å². The molecule has 1 aromatic rings. The standard InChI is InChI=1S/C18H26N2O3/c1-6-14(13(3)20-23-5)12-15(22-4)8-9-16-17(7-2)19-11-10-18(16)21/h6,10-12H,7-9H2,1-5H3,(H,19,21). The number of nitrogens with zero attached hydrogens (tertiary/aromatic N) is 1. The van der Waals surface area contributed by atoms with Crippen LogP contribution >= 0.6 is 0 Å². The average molecular weight is 318 g/mol. The average Bonchev–Trinajstić information content (AvgIpc) is 2.56. The van der Waals surface area contributed by atoms with Crippen LogP contribution in [0.5, 0.6) is 0 Å². The van der Waals surface area contributed by atoms with Crippen LogP contribution in [-0.4, -0.2) is 24.9 Å². The lowest BCUT2D eigenvalue weighted by atomic mass is 10.0. The van der Waals surface area contributed by atoms with Crippen LogP contribution in [-0.2, 0) is 22.4 Å². The Balaban J connectivity index is 2.96. The molecule has 0 amide bonds. The second-order valence-corrected chi connectivity index (χ2v) is 5.07. The van der Waals surface area contributed by atoms with Crippen LogP contribution in [0.1, 0.15) is 38.4 Å². The van der Waals surface area contributed by atoms with Gasteiger partial charge in [0, 0.05) is 29.9 Å². The number of rotatable bonds is 8. The molecule has 5 heteroatoms. The molecular weight excluding hydrogens is 292 g/mol. The summed E-state index contributed by atoms with van der Waals surface area (Å²) in [6.45, 7) is 5.84. The van der Waals surface area contributed by atoms with Gasteiger partial charge in [-0.15, -0.1) is 0 Å². The number of aromatic amines is 1. The number of aromatic nitrogens is 1. The van der Waals surface area contributed by atoms with E-state index in [0.29, 0.717) is 12.8 Å². The Hall–Kier alpha value is -2.30. The lowest BCUT2D eigenvalue weighted by molar-refractivity contribution is 0.213. The molecular formula is C18H26N2O3. The van der Waals surface area contributed by atoms with Gasteiger partial charge in [0.15, 0.2) is 5.43 Å². The first-order valence-corrected chi connectivity index (χ1v) is 7.75. The van der Waals surface area contributed by atoms with E-state index in [0.717, 1.165) is 34.7 Å². The first-order valence-electron chi connectivity index (χ1n) is 7.75. The summed E-state index contributed by atoms with van der Waals surface area (Å²) < 4.78 is 5.46. The second-order valence-electron chi connectivity index (χ2n) is 5.07. The van der Waals surface area contributed by atoms with Crippen molar-refractivity contribution in [3.05, 3.63) is 57.2 Å². The summed E-state index contributed by atoms with van der Waals surface area (Å²) in [7, 11) is 3.16. The highest BCUT2D eigenvalue weighted by Crippen LogP contribution is 2.14. The molecule has 0 aliphatic rings. The topological polar surface area (TPSA) is 63.7 Å². The Labute approximate surface area is 137 Å². The summed E-state index contributed by atoms with van der Waals surface area (Å²) in [5.41, 5.74) is 3.58. The van der Waals surface area contributed by atoms with E-state index in [1.54, 1.807) is 19.4 Å². The van der Waals surface area contributed by atoms with Crippen molar-refractivity contribution < 1.29 is 9.57 Å². The minimum Gasteiger partial charge on any atom is -0.501 e. The highest BCUT2D eigenvalue weighted by Gasteiger charge is 2.08. The van der Waals surface area contributed by atoms with E-state index in [1.165, 1.54) is 7.11 Å². The largest absolute Gasteiger partial charge is 0.501 e. The van der Waals surface area contributed by atoms with E-state index in [4.69, 9.17) is 9.57 Å². The summed E-state index contributed by atoms with van der Waals surface area (Å²) in [6.07, 6.45) is 7.66. The third-order valence-corrected chi connectivity index (χ3v) is 3.66. The summed E-state index contributed by atoms with van der Waals surface area (Å²) in [5.74, 6) is 0.800. The van der Waals surface area contributed by atoms with Crippen molar-refractivity contribution in [1.29, 1.82) is 0 Å². The molecule has 23 heavy (non-hydrogen) atoms. The van der Waals surface area contributed by atoms with Crippen LogP contribution in [0.2, 0.25) is 0 Å². The van der Waals surface area contributed by atoms with Gasteiger partial charge in [0.1, 0.15) is 7.11 Å². The Morgan fingerprint density at radius 2 is 2.13 bits per heavy atom. The van der Waals surface area contributed by atoms with Gasteiger partial charge in [-0.05, 0) is 38.3 Å². The number of hydrogen-bond donors (Lipinski definition) is 1. The molecule has 1 heterocycles. The number of aryl methyl sites for hydroxylation is 1. The number of hydrogen-bond acceptors (Lipinski definition) is 4. The molecule has 1 aromatic heterocycles. The van der Waals surface area contributed by atoms with E-state index < -0.39 is 0 Å². The molecule has 126 valence electrons. The number of allylic oxidation sites excluding steroid dienone is 4. The molecule has 1 N–H and O–H groups in total. The molecule has 0 radical (unpaired) electrons. The van der Waals surface area contributed by atoms with E-state index in [-0.39, 0.29) is 5.43 Å². The Kier molecular flexibility index (Phi) is 7.88. The van der Waals surface area contributed by atoms with Gasteiger partial charge < -0.3 is 14.6 Å². The van der Waals surface area contributed by atoms with Crippen LogP contribution in [0.4, 0.5) is 0 Å². The summed E-state index contributed by atoms with van der Waals surface area (Å²) in [5, 5.41) is 3.94. The molecule has 0 aromatic carbocycles. The van der Waals surface area contributed by atoms with Crippen LogP contribution in [0.3, 0.4) is 0 Å². The zero-order valence-electron chi connectivity index (χ0n) is 14.6. The molecule has 0 aliphatic carbocycles. The number of oxime groups is 1. The zero-order chi connectivity index (χ0) is 17.2. The quantitative estimate of drug-likeness (QED) is 0.346. The smallest absolute Gasteiger partial charge is 0.185 e. The van der Waals surface area contributed by atoms with Gasteiger partial charge in [0.05, 0.1) is 18.6 Å². The zero-order valence-corrected chi connectivity index (χ0v) is 14.6. The first kappa shape index (κ1) is 18.7. The van der Waals surface area contributed by atoms with Gasteiger partial charge in [-0.1, -0.05) is 18.2 Å². The van der Waals surface area contributed by atoms with Crippen molar-refractivity contribution in [2.75, 3.05) is 14.2 Å². The molecule has 0 atom stereocenters. The minimum absolute atomic E-state index is 0.0689. The van der Waals surface area contributed by atoms with Gasteiger partial charge in [-0.2, -0.15) is 0 Å². The fourth-order valence-corrected chi connectivity index (χ4v) is 2.39. The SMILES string of the molecule is CC=C(C=C(CCc1c(CC)[nH]ccc1=O)OC)C(C)=NOC. The maximum absolute atomic E-state index is 12.0. The Morgan fingerprint density at radius 1 is 1.39 bits per heavy atom. The predicted octanol–water partition coefficient (Wildman–Crippen LogP) is 3.37. The molecule has 0 spiro atoms. The van der Waals surface area contributed by atoms with E-state index in [9.17, 15) is 4.79 Å². The number of H-pyrrole nitrogens is 1. The van der Waals surface area contributed by atoms with Crippen LogP contribution in [0.25, 0.3) is 0 Å². The molecule has 0 bridgehead atoms. The van der Waals surface area contributed by atoms with Crippen LogP contribution in [0, 0.1) is 0 Å². The molecule has 0 saturated carbocycles. The van der Waals surface area contributed by atoms with Crippen molar-refractivity contribution in [3.63, 3.8) is 0 Å². The van der Waals surface area contributed by atoms with Gasteiger partial charge in [0.2, 0.25) is 0 Å². The fraction of sp³-hybridized carbons (Fsp3) is 0.444. The molecule has 0 unspecified atom stereocenters. The highest BCUT2D eigenvalue weighted by atomic mass is 16.6. The van der Waals surface area contributed by atoms with Crippen molar-refractivity contribution in [1.82, 2.24) is 4.98 Å². The lowest BCUT2D eigenvalue weighted by Gasteiger charge is -2.10. The van der Waals surface area contributed by atoms with Gasteiger partial charge in [-0.25, -0.2) is 0 Å². The number of nitrogens with one attached hydrogen (secondary N) is 1. The second kappa shape index (κ2) is 9.66. The molecule has 1 rings (SSSR count). The van der Waals surface area contributed by atoms with E-state index in [2.05, 4.69) is 10.1 Å². The molecule has 0 aliphatic heterocycles. The monoisotopic (exact) mass is 318 g/mol. The van der Waals surface area contributed by atoms with Crippen molar-refractivity contribution >= 4 is 5.71 Å². The first-order chi connectivity index (χ1) is 11.1. The maximum atomic E-state index is 12.0. The highest BCUT2D eigenvalue weighted by molar-refractivity contribution is 6.00. The summed E-state index contributed by atoms with van der Waals surface area (Å²) >= 11 is 0. The minimum atomic E-state index is 0.0689. The third kappa shape index (κ3) is 5.43. The van der Waals surface area contributed by atoms with E-state index >= 15 is 0 Å². The molecule has 5 nitrogen and oxygen atoms in total. The maximum Gasteiger partial charge on any atom is 0.185 e. The molecule has 0 fully saturated rings. The summed E-state index contributed by atoms with van der Waals surface area (Å²) in [6, 6.07) is 1.57. The van der Waals surface area contributed by atoms with Gasteiger partial charge >= 0.3 is 0 Å². The van der Waals surface area contributed by atoms with Gasteiger partial charge in [-0.3, -0.25) is 4.79 Å². The summed E-state index contributed by atoms with van der Waals surface area (Å²) in [4.78, 5) is 20.0. The Bertz CT molecular complexity index is 654. The number of ether oxygens (including phenoxy) is 1. The van der Waals surface area contributed by atoms with Crippen LogP contribution in [0.15, 0.2) is 45.7 Å². The Morgan fingerprint density at radius 3 is 2.70 bits per heavy atom. The van der Waals surface area contributed by atoms with Crippen LogP contribution < -0.4 is 5.43 Å². The lowest BCUT2D eigenvalue weighted by Crippen LogP contribution is -2.13. The van der Waals surface area contributed by atoms with Crippen molar-refractivity contribution in [3.8, 4) is 0 Å².